The Morgan fingerprint density at radius 1 is 1.10 bits per heavy atom. The maximum absolute atomic E-state index is 13.2. The van der Waals surface area contributed by atoms with Crippen LogP contribution < -0.4 is 9.62 Å². The van der Waals surface area contributed by atoms with Gasteiger partial charge < -0.3 is 10.2 Å². The highest BCUT2D eigenvalue weighted by molar-refractivity contribution is 7.92. The van der Waals surface area contributed by atoms with Crippen molar-refractivity contribution in [3.05, 3.63) is 64.1 Å². The van der Waals surface area contributed by atoms with Crippen molar-refractivity contribution in [3.8, 4) is 0 Å². The molecule has 0 aromatic heterocycles. The zero-order chi connectivity index (χ0) is 22.5. The number of nitrogens with zero attached hydrogens (tertiary/aromatic N) is 2. The summed E-state index contributed by atoms with van der Waals surface area (Å²) in [5.41, 5.74) is 0.889. The number of sulfonamides is 1. The van der Waals surface area contributed by atoms with E-state index in [0.717, 1.165) is 10.6 Å². The number of hydrogen-bond donors (Lipinski definition) is 1. The lowest BCUT2D eigenvalue weighted by atomic mass is 10.1. The van der Waals surface area contributed by atoms with Gasteiger partial charge in [0.2, 0.25) is 21.8 Å². The summed E-state index contributed by atoms with van der Waals surface area (Å²) in [6, 6.07) is 12.4. The van der Waals surface area contributed by atoms with E-state index in [-0.39, 0.29) is 23.2 Å². The summed E-state index contributed by atoms with van der Waals surface area (Å²) in [6.07, 6.45) is 0.993. The zero-order valence-corrected chi connectivity index (χ0v) is 19.1. The van der Waals surface area contributed by atoms with Crippen LogP contribution in [0.4, 0.5) is 5.69 Å². The Bertz CT molecular complexity index is 1030. The number of para-hydroxylation sites is 1. The van der Waals surface area contributed by atoms with E-state index in [0.29, 0.717) is 10.6 Å². The van der Waals surface area contributed by atoms with Gasteiger partial charge in [0.15, 0.2) is 0 Å². The average Bonchev–Trinajstić information content (AvgIpc) is 2.69. The minimum Gasteiger partial charge on any atom is -0.357 e. The van der Waals surface area contributed by atoms with E-state index in [4.69, 9.17) is 23.2 Å². The van der Waals surface area contributed by atoms with Crippen LogP contribution in [0.1, 0.15) is 12.5 Å². The molecule has 0 saturated carbocycles. The second kappa shape index (κ2) is 10.1. The molecule has 2 rings (SSSR count). The third-order valence-corrected chi connectivity index (χ3v) is 6.14. The minimum absolute atomic E-state index is 0.0775. The maximum atomic E-state index is 13.2. The second-order valence-corrected chi connectivity index (χ2v) is 9.41. The SMILES string of the molecule is CNC(=O)[C@H](C)N(Cc1cccc(Cl)c1)C(=O)CN(c1ccccc1Cl)S(C)(=O)=O. The van der Waals surface area contributed by atoms with Crippen molar-refractivity contribution in [2.24, 2.45) is 0 Å². The number of carbonyl (C=O) groups is 2. The predicted octanol–water partition coefficient (Wildman–Crippen LogP) is 2.92. The monoisotopic (exact) mass is 471 g/mol. The number of benzene rings is 2. The summed E-state index contributed by atoms with van der Waals surface area (Å²) < 4.78 is 25.7. The Morgan fingerprint density at radius 3 is 2.33 bits per heavy atom. The number of nitrogens with one attached hydrogen (secondary N) is 1. The fraction of sp³-hybridized carbons (Fsp3) is 0.300. The van der Waals surface area contributed by atoms with Crippen LogP contribution >= 0.6 is 23.2 Å². The molecule has 2 aromatic carbocycles. The number of anilines is 1. The van der Waals surface area contributed by atoms with Crippen LogP contribution in [0.25, 0.3) is 0 Å². The first-order chi connectivity index (χ1) is 14.0. The molecule has 10 heteroatoms. The number of likely N-dealkylation sites (N-methyl/N-ethyl adjacent to an activating group) is 1. The number of hydrogen-bond acceptors (Lipinski definition) is 4. The molecule has 0 bridgehead atoms. The number of amides is 2. The molecule has 0 heterocycles. The summed E-state index contributed by atoms with van der Waals surface area (Å²) in [6.45, 7) is 1.14. The molecular weight excluding hydrogens is 449 g/mol. The van der Waals surface area contributed by atoms with E-state index in [1.165, 1.54) is 24.1 Å². The van der Waals surface area contributed by atoms with E-state index in [9.17, 15) is 18.0 Å². The van der Waals surface area contributed by atoms with Gasteiger partial charge in [-0.1, -0.05) is 47.5 Å². The molecule has 1 atom stereocenters. The molecule has 0 spiro atoms. The van der Waals surface area contributed by atoms with Crippen LogP contribution in [-0.4, -0.2) is 51.0 Å². The molecule has 2 amide bonds. The third kappa shape index (κ3) is 6.10. The molecule has 0 aliphatic carbocycles. The zero-order valence-electron chi connectivity index (χ0n) is 16.8. The largest absolute Gasteiger partial charge is 0.357 e. The Labute approximate surface area is 186 Å². The summed E-state index contributed by atoms with van der Waals surface area (Å²) in [7, 11) is -2.35. The van der Waals surface area contributed by atoms with Crippen molar-refractivity contribution in [2.45, 2.75) is 19.5 Å². The van der Waals surface area contributed by atoms with Crippen LogP contribution in [0.15, 0.2) is 48.5 Å². The van der Waals surface area contributed by atoms with E-state index < -0.39 is 28.5 Å². The van der Waals surface area contributed by atoms with Crippen LogP contribution in [-0.2, 0) is 26.2 Å². The van der Waals surface area contributed by atoms with Gasteiger partial charge in [0, 0.05) is 18.6 Å². The number of carbonyl (C=O) groups excluding carboxylic acids is 2. The van der Waals surface area contributed by atoms with Crippen molar-refractivity contribution >= 4 is 50.7 Å². The molecule has 0 radical (unpaired) electrons. The van der Waals surface area contributed by atoms with Crippen molar-refractivity contribution in [2.75, 3.05) is 24.2 Å². The predicted molar refractivity (Wildman–Crippen MR) is 119 cm³/mol. The van der Waals surface area contributed by atoms with Gasteiger partial charge in [-0.25, -0.2) is 8.42 Å². The molecule has 0 saturated heterocycles. The summed E-state index contributed by atoms with van der Waals surface area (Å²) in [5.74, 6) is -0.939. The highest BCUT2D eigenvalue weighted by Crippen LogP contribution is 2.27. The van der Waals surface area contributed by atoms with Gasteiger partial charge in [0.1, 0.15) is 12.6 Å². The molecular formula is C20H23Cl2N3O4S. The minimum atomic E-state index is -3.82. The molecule has 0 fully saturated rings. The van der Waals surface area contributed by atoms with Crippen molar-refractivity contribution < 1.29 is 18.0 Å². The van der Waals surface area contributed by atoms with E-state index in [2.05, 4.69) is 5.32 Å². The van der Waals surface area contributed by atoms with Gasteiger partial charge in [0.05, 0.1) is 17.0 Å². The topological polar surface area (TPSA) is 86.8 Å². The third-order valence-electron chi connectivity index (χ3n) is 4.46. The van der Waals surface area contributed by atoms with Crippen molar-refractivity contribution in [1.29, 1.82) is 0 Å². The maximum Gasteiger partial charge on any atom is 0.244 e. The first-order valence-electron chi connectivity index (χ1n) is 9.02. The van der Waals surface area contributed by atoms with Crippen LogP contribution in [0.5, 0.6) is 0 Å². The van der Waals surface area contributed by atoms with Gasteiger partial charge in [-0.2, -0.15) is 0 Å². The summed E-state index contributed by atoms with van der Waals surface area (Å²) in [5, 5.41) is 3.19. The van der Waals surface area contributed by atoms with Gasteiger partial charge >= 0.3 is 0 Å². The van der Waals surface area contributed by atoms with E-state index in [1.807, 2.05) is 0 Å². The Morgan fingerprint density at radius 2 is 1.77 bits per heavy atom. The molecule has 0 unspecified atom stereocenters. The molecule has 2 aromatic rings. The first-order valence-corrected chi connectivity index (χ1v) is 11.6. The number of halogens is 2. The van der Waals surface area contributed by atoms with Gasteiger partial charge in [-0.05, 0) is 36.8 Å². The normalized spacial score (nSPS) is 12.2. The molecule has 1 N–H and O–H groups in total. The van der Waals surface area contributed by atoms with Crippen LogP contribution in [0, 0.1) is 0 Å². The summed E-state index contributed by atoms with van der Waals surface area (Å²) >= 11 is 12.2. The Balaban J connectivity index is 2.40. The smallest absolute Gasteiger partial charge is 0.244 e. The molecule has 0 aliphatic heterocycles. The van der Waals surface area contributed by atoms with Gasteiger partial charge in [-0.15, -0.1) is 0 Å². The highest BCUT2D eigenvalue weighted by Gasteiger charge is 2.30. The Kier molecular flexibility index (Phi) is 8.11. The van der Waals surface area contributed by atoms with E-state index >= 15 is 0 Å². The van der Waals surface area contributed by atoms with Gasteiger partial charge in [-0.3, -0.25) is 13.9 Å². The fourth-order valence-corrected chi connectivity index (χ4v) is 4.23. The van der Waals surface area contributed by atoms with Crippen molar-refractivity contribution in [3.63, 3.8) is 0 Å². The molecule has 30 heavy (non-hydrogen) atoms. The molecule has 0 aliphatic rings. The fourth-order valence-electron chi connectivity index (χ4n) is 2.87. The second-order valence-electron chi connectivity index (χ2n) is 6.66. The van der Waals surface area contributed by atoms with Crippen molar-refractivity contribution in [1.82, 2.24) is 10.2 Å². The Hall–Kier alpha value is -2.29. The number of rotatable bonds is 8. The van der Waals surface area contributed by atoms with Gasteiger partial charge in [0.25, 0.3) is 0 Å². The summed E-state index contributed by atoms with van der Waals surface area (Å²) in [4.78, 5) is 26.7. The lowest BCUT2D eigenvalue weighted by Crippen LogP contribution is -2.50. The molecule has 7 nitrogen and oxygen atoms in total. The van der Waals surface area contributed by atoms with Crippen LogP contribution in [0.3, 0.4) is 0 Å². The molecule has 162 valence electrons. The highest BCUT2D eigenvalue weighted by atomic mass is 35.5. The van der Waals surface area contributed by atoms with Crippen LogP contribution in [0.2, 0.25) is 10.0 Å². The lowest BCUT2D eigenvalue weighted by molar-refractivity contribution is -0.139. The average molecular weight is 472 g/mol. The quantitative estimate of drug-likeness (QED) is 0.640. The standard InChI is InChI=1S/C20H23Cl2N3O4S/c1-14(20(27)23-2)24(12-15-7-6-8-16(21)11-15)19(26)13-25(30(3,28)29)18-10-5-4-9-17(18)22/h4-11,14H,12-13H2,1-3H3,(H,23,27)/t14-/m0/s1. The van der Waals surface area contributed by atoms with E-state index in [1.54, 1.807) is 43.3 Å². The first kappa shape index (κ1) is 24.0. The lowest BCUT2D eigenvalue weighted by Gasteiger charge is -2.31.